The Morgan fingerprint density at radius 2 is 1.39 bits per heavy atom. The maximum atomic E-state index is 13.7. The van der Waals surface area contributed by atoms with Gasteiger partial charge in [-0.2, -0.15) is 0 Å². The first-order chi connectivity index (χ1) is 22.3. The molecular formula is C36H45N5O5. The van der Waals surface area contributed by atoms with Crippen molar-refractivity contribution in [2.24, 2.45) is 4.99 Å². The van der Waals surface area contributed by atoms with Crippen molar-refractivity contribution in [2.45, 2.75) is 27.7 Å². The zero-order valence-corrected chi connectivity index (χ0v) is 27.5. The highest BCUT2D eigenvalue weighted by Crippen LogP contribution is 2.33. The van der Waals surface area contributed by atoms with Crippen LogP contribution in [0.15, 0.2) is 77.8 Å². The van der Waals surface area contributed by atoms with E-state index in [0.29, 0.717) is 46.5 Å². The molecule has 0 radical (unpaired) electrons. The second-order valence-electron chi connectivity index (χ2n) is 10.8. The van der Waals surface area contributed by atoms with E-state index in [-0.39, 0.29) is 17.5 Å². The molecule has 1 aromatic heterocycles. The van der Waals surface area contributed by atoms with E-state index >= 15 is 0 Å². The predicted molar refractivity (Wildman–Crippen MR) is 183 cm³/mol. The first kappa shape index (κ1) is 34.2. The average Bonchev–Trinajstić information content (AvgIpc) is 3.41. The fraction of sp³-hybridized carbons (Fsp3) is 0.361. The quantitative estimate of drug-likeness (QED) is 0.0903. The lowest BCUT2D eigenvalue weighted by atomic mass is 10.0. The summed E-state index contributed by atoms with van der Waals surface area (Å²) < 4.78 is 9.74. The van der Waals surface area contributed by atoms with Gasteiger partial charge in [0.2, 0.25) is 0 Å². The average molecular weight is 628 g/mol. The summed E-state index contributed by atoms with van der Waals surface area (Å²) in [4.78, 5) is 39.9. The number of methoxy groups -OCH3 is 1. The zero-order valence-electron chi connectivity index (χ0n) is 27.5. The van der Waals surface area contributed by atoms with Crippen LogP contribution in [-0.2, 0) is 4.74 Å². The molecule has 0 saturated carbocycles. The lowest BCUT2D eigenvalue weighted by molar-refractivity contribution is 0.0717. The lowest BCUT2D eigenvalue weighted by Gasteiger charge is -2.29. The first-order valence-corrected chi connectivity index (χ1v) is 15.9. The van der Waals surface area contributed by atoms with Crippen LogP contribution in [0.3, 0.4) is 0 Å². The molecule has 4 rings (SSSR count). The minimum Gasteiger partial charge on any atom is -0.494 e. The molecule has 0 atom stereocenters. The second-order valence-corrected chi connectivity index (χ2v) is 10.8. The second kappa shape index (κ2) is 16.6. The third-order valence-corrected chi connectivity index (χ3v) is 8.21. The van der Waals surface area contributed by atoms with Crippen molar-refractivity contribution >= 4 is 34.4 Å². The number of nitrogens with zero attached hydrogens (tertiary/aromatic N) is 4. The Hall–Kier alpha value is -4.67. The van der Waals surface area contributed by atoms with Crippen molar-refractivity contribution < 1.29 is 24.2 Å². The highest BCUT2D eigenvalue weighted by molar-refractivity contribution is 6.22. The van der Waals surface area contributed by atoms with Crippen molar-refractivity contribution in [1.29, 1.82) is 0 Å². The SMILES string of the molecule is CCN(CC)CCN(CCN(CC)CC)C(=O)c1ccc(N=C(c2ccccc2)c2c(O)[nH]c3cc(OC(=O)OC)ccc23)cc1. The minimum absolute atomic E-state index is 0.00243. The van der Waals surface area contributed by atoms with E-state index in [2.05, 4.69) is 47.2 Å². The van der Waals surface area contributed by atoms with Crippen LogP contribution in [0.1, 0.15) is 49.2 Å². The molecule has 0 aliphatic rings. The van der Waals surface area contributed by atoms with Gasteiger partial charge in [-0.25, -0.2) is 9.79 Å². The van der Waals surface area contributed by atoms with Crippen molar-refractivity contribution in [3.63, 3.8) is 0 Å². The molecule has 10 nitrogen and oxygen atoms in total. The minimum atomic E-state index is -0.834. The fourth-order valence-electron chi connectivity index (χ4n) is 5.37. The summed E-state index contributed by atoms with van der Waals surface area (Å²) in [6, 6.07) is 21.9. The zero-order chi connectivity index (χ0) is 33.1. The molecule has 46 heavy (non-hydrogen) atoms. The summed E-state index contributed by atoms with van der Waals surface area (Å²) in [6.07, 6.45) is -0.834. The van der Waals surface area contributed by atoms with Crippen molar-refractivity contribution in [3.8, 4) is 11.6 Å². The summed E-state index contributed by atoms with van der Waals surface area (Å²) in [7, 11) is 1.24. The van der Waals surface area contributed by atoms with Crippen molar-refractivity contribution in [1.82, 2.24) is 19.7 Å². The van der Waals surface area contributed by atoms with E-state index in [4.69, 9.17) is 9.73 Å². The molecule has 2 N–H and O–H groups in total. The number of aliphatic imine (C=N–C) groups is 1. The molecule has 4 aromatic rings. The molecular weight excluding hydrogens is 582 g/mol. The van der Waals surface area contributed by atoms with Crippen LogP contribution < -0.4 is 4.74 Å². The van der Waals surface area contributed by atoms with Gasteiger partial charge in [-0.1, -0.05) is 58.0 Å². The van der Waals surface area contributed by atoms with Gasteiger partial charge in [0, 0.05) is 48.8 Å². The van der Waals surface area contributed by atoms with Crippen molar-refractivity contribution in [3.05, 3.63) is 89.5 Å². The molecule has 1 heterocycles. The Kier molecular flexibility index (Phi) is 12.3. The number of amides is 1. The van der Waals surface area contributed by atoms with Gasteiger partial charge in [0.1, 0.15) is 5.75 Å². The van der Waals surface area contributed by atoms with Crippen LogP contribution >= 0.6 is 0 Å². The van der Waals surface area contributed by atoms with E-state index in [1.54, 1.807) is 18.2 Å². The summed E-state index contributed by atoms with van der Waals surface area (Å²) in [5.41, 5.74) is 3.65. The molecule has 0 aliphatic carbocycles. The van der Waals surface area contributed by atoms with Crippen LogP contribution in [0.25, 0.3) is 10.9 Å². The standard InChI is InChI=1S/C36H45N5O5/c1-6-39(7-2)21-23-41(24-22-40(8-3)9-4)35(43)27-15-17-28(18-16-27)37-33(26-13-11-10-12-14-26)32-30-20-19-29(46-36(44)45-5)25-31(30)38-34(32)42/h10-20,25,38,42H,6-9,21-24H2,1-5H3. The molecule has 0 fully saturated rings. The molecule has 0 saturated heterocycles. The third-order valence-electron chi connectivity index (χ3n) is 8.21. The number of aromatic nitrogens is 1. The molecule has 0 bridgehead atoms. The van der Waals surface area contributed by atoms with Crippen LogP contribution in [-0.4, -0.2) is 102 Å². The summed E-state index contributed by atoms with van der Waals surface area (Å²) >= 11 is 0. The Bertz CT molecular complexity index is 1590. The highest BCUT2D eigenvalue weighted by atomic mass is 16.7. The number of H-pyrrole nitrogens is 1. The summed E-state index contributed by atoms with van der Waals surface area (Å²) in [6.45, 7) is 15.3. The lowest BCUT2D eigenvalue weighted by Crippen LogP contribution is -2.42. The number of hydrogen-bond donors (Lipinski definition) is 2. The largest absolute Gasteiger partial charge is 0.513 e. The van der Waals surface area contributed by atoms with E-state index in [1.165, 1.54) is 7.11 Å². The van der Waals surface area contributed by atoms with Crippen molar-refractivity contribution in [2.75, 3.05) is 59.5 Å². The predicted octanol–water partition coefficient (Wildman–Crippen LogP) is 6.31. The van der Waals surface area contributed by atoms with Gasteiger partial charge in [-0.05, 0) is 62.6 Å². The van der Waals surface area contributed by atoms with Gasteiger partial charge >= 0.3 is 6.16 Å². The van der Waals surface area contributed by atoms with Gasteiger partial charge in [0.15, 0.2) is 5.88 Å². The van der Waals surface area contributed by atoms with Crippen LogP contribution in [0.2, 0.25) is 0 Å². The molecule has 0 unspecified atom stereocenters. The number of rotatable bonds is 15. The third kappa shape index (κ3) is 8.52. The monoisotopic (exact) mass is 627 g/mol. The number of fused-ring (bicyclic) bond motifs is 1. The van der Waals surface area contributed by atoms with E-state index in [0.717, 1.165) is 44.8 Å². The number of likely N-dealkylation sites (N-methyl/N-ethyl adjacent to an activating group) is 2. The molecule has 0 aliphatic heterocycles. The topological polar surface area (TPSA) is 111 Å². The number of nitrogens with one attached hydrogen (secondary N) is 1. The number of aromatic hydroxyl groups is 1. The normalized spacial score (nSPS) is 11.8. The Morgan fingerprint density at radius 3 is 1.96 bits per heavy atom. The number of hydrogen-bond acceptors (Lipinski definition) is 8. The van der Waals surface area contributed by atoms with E-state index in [9.17, 15) is 14.7 Å². The van der Waals surface area contributed by atoms with Gasteiger partial charge in [-0.3, -0.25) is 4.79 Å². The summed E-state index contributed by atoms with van der Waals surface area (Å²) in [5, 5.41) is 11.8. The van der Waals surface area contributed by atoms with Crippen LogP contribution in [0.5, 0.6) is 11.6 Å². The molecule has 3 aromatic carbocycles. The molecule has 10 heteroatoms. The number of aromatic amines is 1. The van der Waals surface area contributed by atoms with Crippen LogP contribution in [0, 0.1) is 0 Å². The van der Waals surface area contributed by atoms with Crippen LogP contribution in [0.4, 0.5) is 10.5 Å². The fourth-order valence-corrected chi connectivity index (χ4v) is 5.37. The van der Waals surface area contributed by atoms with Gasteiger partial charge in [-0.15, -0.1) is 0 Å². The Labute approximate surface area is 271 Å². The highest BCUT2D eigenvalue weighted by Gasteiger charge is 2.21. The Balaban J connectivity index is 1.66. The molecule has 0 spiro atoms. The molecule has 1 amide bonds. The maximum Gasteiger partial charge on any atom is 0.513 e. The van der Waals surface area contributed by atoms with Gasteiger partial charge < -0.3 is 34.3 Å². The first-order valence-electron chi connectivity index (χ1n) is 15.9. The van der Waals surface area contributed by atoms with Gasteiger partial charge in [0.25, 0.3) is 5.91 Å². The summed E-state index contributed by atoms with van der Waals surface area (Å²) in [5.74, 6) is 0.197. The van der Waals surface area contributed by atoms with E-state index < -0.39 is 6.16 Å². The maximum absolute atomic E-state index is 13.7. The number of carbonyl (C=O) groups excluding carboxylic acids is 2. The Morgan fingerprint density at radius 1 is 0.783 bits per heavy atom. The smallest absolute Gasteiger partial charge is 0.494 e. The molecule has 244 valence electrons. The number of ether oxygens (including phenoxy) is 2. The number of carbonyl (C=O) groups is 2. The number of benzene rings is 3. The van der Waals surface area contributed by atoms with Gasteiger partial charge in [0.05, 0.1) is 29.6 Å². The van der Waals surface area contributed by atoms with E-state index in [1.807, 2.05) is 59.5 Å².